The molecule has 3 aromatic rings. The molecule has 0 bridgehead atoms. The maximum atomic E-state index is 10.6. The fourth-order valence-corrected chi connectivity index (χ4v) is 2.55. The van der Waals surface area contributed by atoms with Crippen molar-refractivity contribution in [3.05, 3.63) is 58.6 Å². The minimum Gasteiger partial charge on any atom is -0.497 e. The van der Waals surface area contributed by atoms with Crippen molar-refractivity contribution >= 4 is 17.2 Å². The average Bonchev–Trinajstić information content (AvgIpc) is 3.05. The minimum atomic E-state index is -0.440. The van der Waals surface area contributed by atoms with Crippen molar-refractivity contribution in [2.24, 2.45) is 0 Å². The van der Waals surface area contributed by atoms with Crippen molar-refractivity contribution in [1.82, 2.24) is 4.37 Å². The Kier molecular flexibility index (Phi) is 3.80. The first-order chi connectivity index (χ1) is 10.7. The van der Waals surface area contributed by atoms with E-state index < -0.39 is 4.92 Å². The van der Waals surface area contributed by atoms with Crippen LogP contribution in [0.25, 0.3) is 22.1 Å². The van der Waals surface area contributed by atoms with Gasteiger partial charge in [-0.1, -0.05) is 0 Å². The van der Waals surface area contributed by atoms with Gasteiger partial charge in [0.05, 0.1) is 17.6 Å². The topological polar surface area (TPSA) is 77.8 Å². The summed E-state index contributed by atoms with van der Waals surface area (Å²) in [6, 6.07) is 13.6. The first-order valence-corrected chi connectivity index (χ1v) is 7.14. The number of methoxy groups -OCH3 is 1. The number of rotatable bonds is 4. The van der Waals surface area contributed by atoms with Crippen molar-refractivity contribution in [2.75, 3.05) is 7.11 Å². The highest BCUT2D eigenvalue weighted by atomic mass is 32.1. The Balaban J connectivity index is 1.87. The molecule has 0 aliphatic heterocycles. The number of benzene rings is 2. The third-order valence-corrected chi connectivity index (χ3v) is 3.79. The van der Waals surface area contributed by atoms with Crippen LogP contribution in [0, 0.1) is 10.1 Å². The van der Waals surface area contributed by atoms with Gasteiger partial charge in [-0.15, -0.1) is 0 Å². The lowest BCUT2D eigenvalue weighted by atomic mass is 10.2. The summed E-state index contributed by atoms with van der Waals surface area (Å²) in [7, 11) is 1.61. The summed E-state index contributed by atoms with van der Waals surface area (Å²) in [5, 5.41) is 11.3. The smallest absolute Gasteiger partial charge is 0.497 e. The fourth-order valence-electron chi connectivity index (χ4n) is 1.88. The molecule has 3 rings (SSSR count). The van der Waals surface area contributed by atoms with Gasteiger partial charge in [-0.05, 0) is 36.4 Å². The number of non-ortho nitro benzene ring substituents is 1. The number of nitro benzene ring substituents is 1. The lowest BCUT2D eigenvalue weighted by Crippen LogP contribution is -1.87. The van der Waals surface area contributed by atoms with E-state index in [0.29, 0.717) is 16.5 Å². The van der Waals surface area contributed by atoms with Crippen molar-refractivity contribution < 1.29 is 14.1 Å². The summed E-state index contributed by atoms with van der Waals surface area (Å²) in [4.78, 5) is 10.2. The van der Waals surface area contributed by atoms with Crippen LogP contribution in [-0.4, -0.2) is 12.0 Å². The van der Waals surface area contributed by atoms with E-state index in [0.717, 1.165) is 11.3 Å². The molecular weight excluding hydrogens is 304 g/mol. The lowest BCUT2D eigenvalue weighted by molar-refractivity contribution is -0.384. The van der Waals surface area contributed by atoms with Gasteiger partial charge in [0.25, 0.3) is 17.2 Å². The SMILES string of the molecule is COc1ccc(-c2[o+]c(-c3ccc([N+](=O)[O-])cc3)[n-][s+]2)cc1. The van der Waals surface area contributed by atoms with E-state index in [1.165, 1.54) is 23.7 Å². The zero-order valence-corrected chi connectivity index (χ0v) is 12.4. The van der Waals surface area contributed by atoms with Gasteiger partial charge in [-0.2, -0.15) is 4.42 Å². The molecule has 7 heteroatoms. The van der Waals surface area contributed by atoms with Crippen LogP contribution >= 0.6 is 11.5 Å². The average molecular weight is 315 g/mol. The Labute approximate surface area is 129 Å². The standard InChI is InChI=1S/C15H11N2O4S/c1-20-13-8-4-11(5-9-13)15-21-14(16-22-15)10-2-6-12(7-3-10)17(18)19/h2-9H,1H3/q+1. The predicted molar refractivity (Wildman–Crippen MR) is 82.8 cm³/mol. The quantitative estimate of drug-likeness (QED) is 0.411. The molecule has 0 fully saturated rings. The second kappa shape index (κ2) is 5.90. The molecule has 6 nitrogen and oxygen atoms in total. The third-order valence-electron chi connectivity index (χ3n) is 3.05. The molecule has 22 heavy (non-hydrogen) atoms. The summed E-state index contributed by atoms with van der Waals surface area (Å²) < 4.78 is 15.1. The van der Waals surface area contributed by atoms with Crippen LogP contribution in [0.5, 0.6) is 5.75 Å². The summed E-state index contributed by atoms with van der Waals surface area (Å²) in [6.45, 7) is 0. The second-order valence-corrected chi connectivity index (χ2v) is 5.15. The minimum absolute atomic E-state index is 0.0364. The molecule has 0 aliphatic carbocycles. The molecule has 0 N–H and O–H groups in total. The van der Waals surface area contributed by atoms with Gasteiger partial charge in [-0.3, -0.25) is 14.5 Å². The number of hydrogen-bond donors (Lipinski definition) is 0. The zero-order valence-electron chi connectivity index (χ0n) is 11.6. The highest BCUT2D eigenvalue weighted by Gasteiger charge is 2.25. The van der Waals surface area contributed by atoms with Crippen LogP contribution in [0.15, 0.2) is 52.9 Å². The van der Waals surface area contributed by atoms with Crippen LogP contribution in [0.3, 0.4) is 0 Å². The molecule has 0 radical (unpaired) electrons. The van der Waals surface area contributed by atoms with E-state index in [1.807, 2.05) is 24.3 Å². The van der Waals surface area contributed by atoms with Crippen molar-refractivity contribution in [1.29, 1.82) is 0 Å². The van der Waals surface area contributed by atoms with Crippen LogP contribution in [0.1, 0.15) is 0 Å². The normalized spacial score (nSPS) is 10.4. The first-order valence-electron chi connectivity index (χ1n) is 6.36. The van der Waals surface area contributed by atoms with E-state index in [1.54, 1.807) is 19.2 Å². The zero-order chi connectivity index (χ0) is 15.5. The maximum Gasteiger partial charge on any atom is 0.598 e. The van der Waals surface area contributed by atoms with Gasteiger partial charge in [-0.25, -0.2) is 0 Å². The van der Waals surface area contributed by atoms with Crippen LogP contribution < -0.4 is 9.11 Å². The van der Waals surface area contributed by atoms with Gasteiger partial charge in [0, 0.05) is 12.1 Å². The van der Waals surface area contributed by atoms with Gasteiger partial charge < -0.3 is 4.74 Å². The second-order valence-electron chi connectivity index (χ2n) is 4.41. The number of aromatic nitrogens is 1. The highest BCUT2D eigenvalue weighted by Crippen LogP contribution is 2.30. The maximum absolute atomic E-state index is 10.6. The molecule has 1 heterocycles. The predicted octanol–water partition coefficient (Wildman–Crippen LogP) is 4.11. The monoisotopic (exact) mass is 315 g/mol. The molecule has 2 aromatic carbocycles. The fraction of sp³-hybridized carbons (Fsp3) is 0.0667. The van der Waals surface area contributed by atoms with Gasteiger partial charge in [0.15, 0.2) is 0 Å². The van der Waals surface area contributed by atoms with Gasteiger partial charge in [0.2, 0.25) is 0 Å². The molecular formula is C15H11N2O4S+. The Morgan fingerprint density at radius 1 is 1.09 bits per heavy atom. The summed E-state index contributed by atoms with van der Waals surface area (Å²) >= 11 is 1.23. The van der Waals surface area contributed by atoms with Crippen LogP contribution in [-0.2, 0) is 0 Å². The van der Waals surface area contributed by atoms with E-state index in [9.17, 15) is 10.1 Å². The molecule has 0 saturated carbocycles. The van der Waals surface area contributed by atoms with Crippen LogP contribution in [0.4, 0.5) is 5.69 Å². The van der Waals surface area contributed by atoms with Crippen molar-refractivity contribution in [3.8, 4) is 27.8 Å². The van der Waals surface area contributed by atoms with E-state index in [-0.39, 0.29) is 5.69 Å². The number of nitro groups is 1. The van der Waals surface area contributed by atoms with Crippen LogP contribution in [0.2, 0.25) is 0 Å². The molecule has 0 aliphatic rings. The molecule has 1 aromatic heterocycles. The molecule has 0 spiro atoms. The largest absolute Gasteiger partial charge is 0.598 e. The van der Waals surface area contributed by atoms with E-state index >= 15 is 0 Å². The molecule has 0 saturated heterocycles. The Bertz CT molecular complexity index is 797. The van der Waals surface area contributed by atoms with Crippen molar-refractivity contribution in [3.63, 3.8) is 0 Å². The Morgan fingerprint density at radius 3 is 2.32 bits per heavy atom. The van der Waals surface area contributed by atoms with Gasteiger partial charge in [0.1, 0.15) is 11.3 Å². The molecule has 0 amide bonds. The highest BCUT2D eigenvalue weighted by molar-refractivity contribution is 7.08. The van der Waals surface area contributed by atoms with Crippen molar-refractivity contribution in [2.45, 2.75) is 0 Å². The third kappa shape index (κ3) is 2.79. The molecule has 110 valence electrons. The number of nitrogens with zero attached hydrogens (tertiary/aromatic N) is 2. The summed E-state index contributed by atoms with van der Waals surface area (Å²) in [5.74, 6) is 1.20. The Morgan fingerprint density at radius 2 is 1.73 bits per heavy atom. The van der Waals surface area contributed by atoms with Gasteiger partial charge >= 0.3 is 11.0 Å². The molecule has 0 unspecified atom stereocenters. The Hall–Kier alpha value is -2.80. The first kappa shape index (κ1) is 14.2. The van der Waals surface area contributed by atoms with E-state index in [4.69, 9.17) is 9.15 Å². The van der Waals surface area contributed by atoms with E-state index in [2.05, 4.69) is 4.37 Å². The lowest BCUT2D eigenvalue weighted by Gasteiger charge is -1.95. The summed E-state index contributed by atoms with van der Waals surface area (Å²) in [5.41, 5.74) is 1.63. The molecule has 0 atom stereocenters. The number of hydrogen-bond acceptors (Lipinski definition) is 3. The number of ether oxygens (including phenoxy) is 1. The summed E-state index contributed by atoms with van der Waals surface area (Å²) in [6.07, 6.45) is 0.